The van der Waals surface area contributed by atoms with Gasteiger partial charge in [-0.3, -0.25) is 0 Å². The first kappa shape index (κ1) is 97.7. The van der Waals surface area contributed by atoms with Crippen LogP contribution in [0.5, 0.6) is 0 Å². The molecular formula is C29H52BCl7K2N2NaO17S2. The Hall–Kier alpha value is 3.07. The van der Waals surface area contributed by atoms with E-state index >= 15 is 0 Å². The second kappa shape index (κ2) is 69.6. The molecular weight excluding hydrogens is 1070 g/mol. The van der Waals surface area contributed by atoms with Gasteiger partial charge in [-0.25, -0.2) is 30.8 Å². The molecule has 347 valence electrons. The molecule has 0 spiro atoms. The van der Waals surface area contributed by atoms with Crippen molar-refractivity contribution in [2.24, 2.45) is 0 Å². The molecule has 2 heterocycles. The molecule has 0 amide bonds. The normalized spacial score (nSPS) is 11.3. The first-order valence-electron chi connectivity index (χ1n) is 14.0. The van der Waals surface area contributed by atoms with Gasteiger partial charge >= 0.3 is 138 Å². The molecule has 2 rings (SSSR count). The number of aliphatic carboxylic acids is 1. The minimum atomic E-state index is -5.10. The van der Waals surface area contributed by atoms with Crippen LogP contribution >= 0.6 is 81.2 Å². The number of nitrogens with zero attached hydrogens (tertiary/aromatic N) is 1. The van der Waals surface area contributed by atoms with Crippen molar-refractivity contribution < 1.29 is 215 Å². The van der Waals surface area contributed by atoms with Gasteiger partial charge in [-0.15, -0.1) is 0 Å². The maximum atomic E-state index is 10.3. The van der Waals surface area contributed by atoms with Crippen LogP contribution in [0.2, 0.25) is 0 Å². The largest absolute Gasteiger partial charge is 1.00 e. The summed E-state index contributed by atoms with van der Waals surface area (Å²) in [4.78, 5) is 19.8. The van der Waals surface area contributed by atoms with E-state index in [2.05, 4.69) is 27.6 Å². The Bertz CT molecular complexity index is 1260. The summed E-state index contributed by atoms with van der Waals surface area (Å²) in [6, 6.07) is 5.86. The number of alkyl halides is 6. The number of carbonyl (C=O) groups is 2. The number of aliphatic hydroxyl groups excluding tert-OH is 2. The standard InChI is InChI=1S/C5H5N.C4H8Cl2O5S.C4H8Cl2O2.C4H6Cl2O2.C4H8O.C3H3ClO6S.CN.CH4O.3CH4.B.2K.Na/c1-2-4-6-5-3-1;1-2-10-4(3(5)6)11-12(7,8)9;2*1-2-8-4(7)3(5)6;1-2-4-5-3-1;4-1-2(3(5)6)10-11(7,8)9;2*1-2;;;;;;;/h1-5H;3-4H,2H2,1H3,(H,7,8,9);3-4,7H,2H2,1H3;3H,2H2,1H3;1-4H2;1H,(H,5,6)(H,7,8,9);;2H,1H3;3*1H4;;;;/q;;;;;;-1;;;;;;3*+1/p-2. The molecule has 2 unspecified atom stereocenters. The Balaban J connectivity index is -0.0000000402. The smallest absolute Gasteiger partial charge is 0.725 e. The Kier molecular flexibility index (Phi) is 112. The Morgan fingerprint density at radius 2 is 1.25 bits per heavy atom. The summed E-state index contributed by atoms with van der Waals surface area (Å²) in [5.41, 5.74) is 0.269. The fourth-order valence-corrected chi connectivity index (χ4v) is 3.49. The summed E-state index contributed by atoms with van der Waals surface area (Å²) in [6.07, 6.45) is 3.81. The zero-order chi connectivity index (χ0) is 43.8. The van der Waals surface area contributed by atoms with Gasteiger partial charge < -0.3 is 64.2 Å². The van der Waals surface area contributed by atoms with Gasteiger partial charge in [-0.1, -0.05) is 110 Å². The quantitative estimate of drug-likeness (QED) is 0.0215. The molecule has 3 radical (unpaired) electrons. The van der Waals surface area contributed by atoms with Gasteiger partial charge in [0, 0.05) is 54.1 Å². The number of hydrogen-bond acceptors (Lipinski definition) is 18. The van der Waals surface area contributed by atoms with Crippen LogP contribution in [-0.2, 0) is 57.7 Å². The van der Waals surface area contributed by atoms with E-state index < -0.39 is 65.6 Å². The molecule has 2 atom stereocenters. The van der Waals surface area contributed by atoms with Crippen LogP contribution in [0.4, 0.5) is 0 Å². The van der Waals surface area contributed by atoms with E-state index in [1.54, 1.807) is 20.8 Å². The van der Waals surface area contributed by atoms with Crippen molar-refractivity contribution in [1.82, 2.24) is 0 Å². The van der Waals surface area contributed by atoms with Crippen LogP contribution < -0.4 is 142 Å². The summed E-state index contributed by atoms with van der Waals surface area (Å²) >= 11 is 35.8. The van der Waals surface area contributed by atoms with Gasteiger partial charge in [-0.2, -0.15) is 0 Å². The van der Waals surface area contributed by atoms with Crippen molar-refractivity contribution >= 4 is 122 Å². The third-order valence-electron chi connectivity index (χ3n) is 3.69. The van der Waals surface area contributed by atoms with E-state index in [-0.39, 0.29) is 175 Å². The fourth-order valence-electron chi connectivity index (χ4n) is 1.93. The van der Waals surface area contributed by atoms with Gasteiger partial charge in [-0.05, 0) is 33.6 Å². The molecule has 32 heteroatoms. The number of aliphatic hydroxyl groups is 2. The molecule has 0 saturated carbocycles. The third kappa shape index (κ3) is 90.2. The van der Waals surface area contributed by atoms with Gasteiger partial charge in [0.1, 0.15) is 5.97 Å². The summed E-state index contributed by atoms with van der Waals surface area (Å²) in [5.74, 6) is -3.82. The Morgan fingerprint density at radius 3 is 1.38 bits per heavy atom. The van der Waals surface area contributed by atoms with E-state index in [4.69, 9.17) is 108 Å². The first-order valence-corrected chi connectivity index (χ1v) is 19.7. The van der Waals surface area contributed by atoms with Crippen molar-refractivity contribution in [3.63, 3.8) is 0 Å². The van der Waals surface area contributed by atoms with E-state index in [0.717, 1.165) is 20.3 Å². The van der Waals surface area contributed by atoms with Crippen LogP contribution in [0.15, 0.2) is 41.9 Å². The number of carboxylic acid groups (broad SMARTS) is 1. The number of carboxylic acids is 1. The van der Waals surface area contributed by atoms with E-state index in [1.165, 1.54) is 12.8 Å². The molecule has 1 aromatic rings. The number of carbonyl (C=O) groups excluding carboxylic acids is 2. The molecule has 0 aromatic carbocycles. The van der Waals surface area contributed by atoms with E-state index in [0.29, 0.717) is 13.2 Å². The van der Waals surface area contributed by atoms with Gasteiger partial charge in [0.2, 0.25) is 21.5 Å². The molecule has 1 fully saturated rings. The van der Waals surface area contributed by atoms with Crippen LogP contribution in [0.3, 0.4) is 0 Å². The summed E-state index contributed by atoms with van der Waals surface area (Å²) < 4.78 is 85.1. The van der Waals surface area contributed by atoms with Crippen molar-refractivity contribution in [1.29, 1.82) is 5.26 Å². The molecule has 19 nitrogen and oxygen atoms in total. The predicted molar refractivity (Wildman–Crippen MR) is 219 cm³/mol. The van der Waals surface area contributed by atoms with Crippen molar-refractivity contribution in [3.05, 3.63) is 48.5 Å². The molecule has 3 N–H and O–H groups in total. The molecule has 0 bridgehead atoms. The average Bonchev–Trinajstić information content (AvgIpc) is 3.71. The van der Waals surface area contributed by atoms with Crippen LogP contribution in [0.1, 0.15) is 55.9 Å². The van der Waals surface area contributed by atoms with Crippen LogP contribution in [-0.4, -0.2) is 124 Å². The zero-order valence-electron chi connectivity index (χ0n) is 32.3. The Labute approximate surface area is 506 Å². The number of esters is 1. The number of rotatable bonds is 13. The third-order valence-corrected chi connectivity index (χ3v) is 5.90. The SMILES string of the molecule is C.C.C.C1CCOC1.CCOC(=O)C(Cl)Cl.CCOC(O)C(Cl)Cl.CCOC(OS(=O)(=O)[O-])C(Cl)Cl.CO.O=C([O-])C(=CCl)OS(=O)(=O)[O-].[B].[C-]#N.[K+].[K+].[Na+].c1cc[nH+]cc1. The minimum Gasteiger partial charge on any atom is -0.725 e. The molecule has 1 saturated heterocycles. The predicted octanol–water partition coefficient (Wildman–Crippen LogP) is -5.04. The van der Waals surface area contributed by atoms with Gasteiger partial charge in [0.25, 0.3) is 10.4 Å². The topological polar surface area (TPSA) is 305 Å². The molecule has 1 aliphatic heterocycles. The Morgan fingerprint density at radius 1 is 0.836 bits per heavy atom. The number of hydrogen-bond donors (Lipinski definition) is 2. The second-order valence-electron chi connectivity index (χ2n) is 7.54. The number of H-pyrrole nitrogens is 1. The molecule has 1 aliphatic rings. The van der Waals surface area contributed by atoms with E-state index in [9.17, 15) is 40.6 Å². The fraction of sp³-hybridized carbons (Fsp3) is 0.655. The molecule has 61 heavy (non-hydrogen) atoms. The van der Waals surface area contributed by atoms with Crippen molar-refractivity contribution in [2.75, 3.05) is 40.1 Å². The maximum Gasteiger partial charge on any atom is 1.00 e. The number of pyridine rings is 1. The van der Waals surface area contributed by atoms with E-state index in [1.807, 2.05) is 30.6 Å². The second-order valence-corrected chi connectivity index (χ2v) is 13.2. The first-order chi connectivity index (χ1) is 25.1. The number of aromatic nitrogens is 1. The molecule has 1 aromatic heterocycles. The van der Waals surface area contributed by atoms with Crippen molar-refractivity contribution in [2.45, 2.75) is 83.0 Å². The number of aromatic amines is 1. The summed E-state index contributed by atoms with van der Waals surface area (Å²) in [5, 5.41) is 31.7. The van der Waals surface area contributed by atoms with Gasteiger partial charge in [0.05, 0.1) is 12.1 Å². The molecule has 0 aliphatic carbocycles. The summed E-state index contributed by atoms with van der Waals surface area (Å²) in [6.45, 7) is 12.6. The maximum absolute atomic E-state index is 10.3. The number of halogens is 7. The van der Waals surface area contributed by atoms with Crippen LogP contribution in [0, 0.1) is 11.8 Å². The minimum absolute atomic E-state index is 0. The average molecular weight is 1130 g/mol. The zero-order valence-corrected chi connectivity index (χ0v) is 47.5. The monoisotopic (exact) mass is 1120 g/mol. The van der Waals surface area contributed by atoms with Crippen molar-refractivity contribution in [3.8, 4) is 0 Å². The number of ether oxygens (including phenoxy) is 4. The number of nitrogens with one attached hydrogen (secondary N) is 1. The van der Waals surface area contributed by atoms with Gasteiger partial charge in [0.15, 0.2) is 34.1 Å². The van der Waals surface area contributed by atoms with Crippen LogP contribution in [0.25, 0.3) is 0 Å². The summed E-state index contributed by atoms with van der Waals surface area (Å²) in [7, 11) is -8.94.